The first-order chi connectivity index (χ1) is 8.24. The average Bonchev–Trinajstić information content (AvgIpc) is 2.34. The predicted octanol–water partition coefficient (Wildman–Crippen LogP) is 1.14. The summed E-state index contributed by atoms with van der Waals surface area (Å²) in [5.74, 6) is 0.588. The van der Waals surface area contributed by atoms with E-state index in [9.17, 15) is 0 Å². The van der Waals surface area contributed by atoms with Gasteiger partial charge in [0.15, 0.2) is 0 Å². The molecular weight excluding hydrogens is 220 g/mol. The minimum atomic E-state index is -0.00562. The standard InChI is InChI=1S/C12H20N2O3/c1-10(13)11-3-4-12(14-9-11)17-8-7-16-6-5-15-2/h3-4,9-10H,5-8,13H2,1-2H3/t10-/m0/s1. The van der Waals surface area contributed by atoms with Crippen LogP contribution in [0.25, 0.3) is 0 Å². The van der Waals surface area contributed by atoms with Gasteiger partial charge in [-0.25, -0.2) is 4.98 Å². The molecule has 0 bridgehead atoms. The zero-order chi connectivity index (χ0) is 12.5. The van der Waals surface area contributed by atoms with Gasteiger partial charge in [-0.1, -0.05) is 6.07 Å². The highest BCUT2D eigenvalue weighted by atomic mass is 16.5. The minimum Gasteiger partial charge on any atom is -0.475 e. The fourth-order valence-electron chi connectivity index (χ4n) is 1.20. The Kier molecular flexibility index (Phi) is 6.54. The maximum Gasteiger partial charge on any atom is 0.213 e. The summed E-state index contributed by atoms with van der Waals surface area (Å²) in [7, 11) is 1.64. The second-order valence-corrected chi connectivity index (χ2v) is 3.67. The van der Waals surface area contributed by atoms with Crippen LogP contribution < -0.4 is 10.5 Å². The van der Waals surface area contributed by atoms with Crippen molar-refractivity contribution in [3.05, 3.63) is 23.9 Å². The van der Waals surface area contributed by atoms with Gasteiger partial charge in [-0.15, -0.1) is 0 Å². The van der Waals surface area contributed by atoms with Crippen LogP contribution in [0.4, 0.5) is 0 Å². The lowest BCUT2D eigenvalue weighted by Gasteiger charge is -2.08. The van der Waals surface area contributed by atoms with Gasteiger partial charge < -0.3 is 19.9 Å². The summed E-state index contributed by atoms with van der Waals surface area (Å²) in [5, 5.41) is 0. The summed E-state index contributed by atoms with van der Waals surface area (Å²) >= 11 is 0. The van der Waals surface area contributed by atoms with Crippen LogP contribution in [0.5, 0.6) is 5.88 Å². The van der Waals surface area contributed by atoms with E-state index in [1.165, 1.54) is 0 Å². The van der Waals surface area contributed by atoms with E-state index in [0.717, 1.165) is 5.56 Å². The van der Waals surface area contributed by atoms with E-state index in [0.29, 0.717) is 32.3 Å². The first-order valence-corrected chi connectivity index (χ1v) is 5.65. The molecule has 0 unspecified atom stereocenters. The van der Waals surface area contributed by atoms with Crippen molar-refractivity contribution in [1.29, 1.82) is 0 Å². The maximum absolute atomic E-state index is 5.72. The van der Waals surface area contributed by atoms with Gasteiger partial charge in [0.05, 0.1) is 19.8 Å². The summed E-state index contributed by atoms with van der Waals surface area (Å²) < 4.78 is 15.5. The van der Waals surface area contributed by atoms with Crippen LogP contribution in [-0.4, -0.2) is 38.5 Å². The smallest absolute Gasteiger partial charge is 0.213 e. The van der Waals surface area contributed by atoms with Crippen molar-refractivity contribution >= 4 is 0 Å². The second kappa shape index (κ2) is 8.00. The Morgan fingerprint density at radius 1 is 1.24 bits per heavy atom. The third-order valence-electron chi connectivity index (χ3n) is 2.19. The number of ether oxygens (including phenoxy) is 3. The molecule has 0 fully saturated rings. The highest BCUT2D eigenvalue weighted by molar-refractivity contribution is 5.19. The minimum absolute atomic E-state index is 0.00562. The zero-order valence-corrected chi connectivity index (χ0v) is 10.4. The molecule has 0 aliphatic heterocycles. The number of hydrogen-bond acceptors (Lipinski definition) is 5. The lowest BCUT2D eigenvalue weighted by Crippen LogP contribution is -2.11. The third kappa shape index (κ3) is 5.63. The maximum atomic E-state index is 5.72. The predicted molar refractivity (Wildman–Crippen MR) is 65.0 cm³/mol. The van der Waals surface area contributed by atoms with Crippen molar-refractivity contribution in [1.82, 2.24) is 4.98 Å². The van der Waals surface area contributed by atoms with Gasteiger partial charge >= 0.3 is 0 Å². The van der Waals surface area contributed by atoms with E-state index >= 15 is 0 Å². The lowest BCUT2D eigenvalue weighted by atomic mass is 10.2. The molecule has 0 aliphatic carbocycles. The lowest BCUT2D eigenvalue weighted by molar-refractivity contribution is 0.0537. The third-order valence-corrected chi connectivity index (χ3v) is 2.19. The molecule has 1 rings (SSSR count). The fourth-order valence-corrected chi connectivity index (χ4v) is 1.20. The largest absolute Gasteiger partial charge is 0.475 e. The Labute approximate surface area is 102 Å². The van der Waals surface area contributed by atoms with Gasteiger partial charge in [0, 0.05) is 25.4 Å². The van der Waals surface area contributed by atoms with Crippen LogP contribution in [0, 0.1) is 0 Å². The number of nitrogens with zero attached hydrogens (tertiary/aromatic N) is 1. The SMILES string of the molecule is COCCOCCOc1ccc([C@H](C)N)cn1. The van der Waals surface area contributed by atoms with E-state index in [1.807, 2.05) is 19.1 Å². The monoisotopic (exact) mass is 240 g/mol. The van der Waals surface area contributed by atoms with Crippen LogP contribution in [0.3, 0.4) is 0 Å². The number of hydrogen-bond donors (Lipinski definition) is 1. The van der Waals surface area contributed by atoms with Crippen molar-refractivity contribution in [3.63, 3.8) is 0 Å². The molecule has 2 N–H and O–H groups in total. The number of nitrogens with two attached hydrogens (primary N) is 1. The van der Waals surface area contributed by atoms with Crippen molar-refractivity contribution in [2.45, 2.75) is 13.0 Å². The number of rotatable bonds is 8. The van der Waals surface area contributed by atoms with Crippen LogP contribution in [0.2, 0.25) is 0 Å². The Hall–Kier alpha value is -1.17. The average molecular weight is 240 g/mol. The fraction of sp³-hybridized carbons (Fsp3) is 0.583. The molecule has 0 saturated heterocycles. The van der Waals surface area contributed by atoms with Gasteiger partial charge in [0.25, 0.3) is 0 Å². The molecular formula is C12H20N2O3. The van der Waals surface area contributed by atoms with Gasteiger partial charge in [-0.05, 0) is 12.5 Å². The quantitative estimate of drug-likeness (QED) is 0.690. The highest BCUT2D eigenvalue weighted by Gasteiger charge is 2.00. The van der Waals surface area contributed by atoms with E-state index < -0.39 is 0 Å². The first kappa shape index (κ1) is 13.9. The molecule has 1 heterocycles. The molecule has 5 nitrogen and oxygen atoms in total. The van der Waals surface area contributed by atoms with Gasteiger partial charge in [0.1, 0.15) is 6.61 Å². The summed E-state index contributed by atoms with van der Waals surface area (Å²) in [5.41, 5.74) is 6.71. The summed E-state index contributed by atoms with van der Waals surface area (Å²) in [6.45, 7) is 4.10. The van der Waals surface area contributed by atoms with Gasteiger partial charge in [-0.3, -0.25) is 0 Å². The summed E-state index contributed by atoms with van der Waals surface area (Å²) in [6.07, 6.45) is 1.73. The molecule has 1 aromatic rings. The molecule has 1 atom stereocenters. The summed E-state index contributed by atoms with van der Waals surface area (Å²) in [6, 6.07) is 3.72. The Morgan fingerprint density at radius 2 is 2.00 bits per heavy atom. The Bertz CT molecular complexity index is 301. The topological polar surface area (TPSA) is 66.6 Å². The van der Waals surface area contributed by atoms with Crippen LogP contribution in [0.1, 0.15) is 18.5 Å². The van der Waals surface area contributed by atoms with E-state index in [4.69, 9.17) is 19.9 Å². The molecule has 0 saturated carbocycles. The van der Waals surface area contributed by atoms with E-state index in [1.54, 1.807) is 13.3 Å². The zero-order valence-electron chi connectivity index (χ0n) is 10.4. The molecule has 1 aromatic heterocycles. The molecule has 96 valence electrons. The van der Waals surface area contributed by atoms with Crippen molar-refractivity contribution < 1.29 is 14.2 Å². The Morgan fingerprint density at radius 3 is 2.59 bits per heavy atom. The number of aromatic nitrogens is 1. The van der Waals surface area contributed by atoms with Crippen LogP contribution in [-0.2, 0) is 9.47 Å². The van der Waals surface area contributed by atoms with Crippen molar-refractivity contribution in [3.8, 4) is 5.88 Å². The van der Waals surface area contributed by atoms with Crippen molar-refractivity contribution in [2.24, 2.45) is 5.73 Å². The van der Waals surface area contributed by atoms with E-state index in [-0.39, 0.29) is 6.04 Å². The van der Waals surface area contributed by atoms with Crippen molar-refractivity contribution in [2.75, 3.05) is 33.5 Å². The molecule has 5 heteroatoms. The molecule has 0 radical (unpaired) electrons. The van der Waals surface area contributed by atoms with Crippen LogP contribution in [0.15, 0.2) is 18.3 Å². The summed E-state index contributed by atoms with van der Waals surface area (Å²) in [4.78, 5) is 4.15. The molecule has 0 spiro atoms. The number of methoxy groups -OCH3 is 1. The molecule has 17 heavy (non-hydrogen) atoms. The highest BCUT2D eigenvalue weighted by Crippen LogP contribution is 2.12. The molecule has 0 aromatic carbocycles. The van der Waals surface area contributed by atoms with E-state index in [2.05, 4.69) is 4.98 Å². The Balaban J connectivity index is 2.19. The van der Waals surface area contributed by atoms with Crippen LogP contribution >= 0.6 is 0 Å². The normalized spacial score (nSPS) is 12.4. The van der Waals surface area contributed by atoms with Gasteiger partial charge in [0.2, 0.25) is 5.88 Å². The molecule has 0 amide bonds. The number of pyridine rings is 1. The second-order valence-electron chi connectivity index (χ2n) is 3.67. The van der Waals surface area contributed by atoms with Gasteiger partial charge in [-0.2, -0.15) is 0 Å². The first-order valence-electron chi connectivity index (χ1n) is 5.65. The molecule has 0 aliphatic rings.